The maximum atomic E-state index is 11.7. The van der Waals surface area contributed by atoms with E-state index in [0.29, 0.717) is 11.3 Å². The number of hydrogen-bond acceptors (Lipinski definition) is 4. The van der Waals surface area contributed by atoms with Crippen LogP contribution in [0.5, 0.6) is 11.5 Å². The SMILES string of the molecule is COc1ccc(/C=N\NC(=O)Nc2ccccc2C)cc1O. The summed E-state index contributed by atoms with van der Waals surface area (Å²) in [6, 6.07) is 11.8. The molecule has 0 radical (unpaired) electrons. The highest BCUT2D eigenvalue weighted by Gasteiger charge is 2.03. The molecule has 0 saturated heterocycles. The summed E-state index contributed by atoms with van der Waals surface area (Å²) in [6.45, 7) is 1.90. The zero-order chi connectivity index (χ0) is 15.9. The number of methoxy groups -OCH3 is 1. The largest absolute Gasteiger partial charge is 0.504 e. The van der Waals surface area contributed by atoms with Crippen LogP contribution in [0.3, 0.4) is 0 Å². The predicted molar refractivity (Wildman–Crippen MR) is 85.6 cm³/mol. The molecule has 0 aliphatic heterocycles. The Morgan fingerprint density at radius 3 is 2.73 bits per heavy atom. The molecule has 0 heterocycles. The van der Waals surface area contributed by atoms with E-state index < -0.39 is 6.03 Å². The molecule has 0 atom stereocenters. The zero-order valence-electron chi connectivity index (χ0n) is 12.3. The normalized spacial score (nSPS) is 10.5. The third kappa shape index (κ3) is 3.99. The minimum atomic E-state index is -0.441. The van der Waals surface area contributed by atoms with Crippen LogP contribution in [0, 0.1) is 6.92 Å². The molecule has 2 aromatic rings. The fourth-order valence-electron chi connectivity index (χ4n) is 1.82. The van der Waals surface area contributed by atoms with Crippen molar-refractivity contribution in [1.29, 1.82) is 0 Å². The summed E-state index contributed by atoms with van der Waals surface area (Å²) in [4.78, 5) is 11.7. The number of hydrazone groups is 1. The lowest BCUT2D eigenvalue weighted by molar-refractivity contribution is 0.252. The summed E-state index contributed by atoms with van der Waals surface area (Å²) in [6.07, 6.45) is 1.43. The lowest BCUT2D eigenvalue weighted by Gasteiger charge is -2.07. The number of rotatable bonds is 4. The van der Waals surface area contributed by atoms with Gasteiger partial charge in [-0.25, -0.2) is 10.2 Å². The van der Waals surface area contributed by atoms with Crippen molar-refractivity contribution in [2.45, 2.75) is 6.92 Å². The first-order chi connectivity index (χ1) is 10.6. The van der Waals surface area contributed by atoms with E-state index in [1.807, 2.05) is 25.1 Å². The van der Waals surface area contributed by atoms with Crippen LogP contribution in [-0.4, -0.2) is 24.5 Å². The number of phenolic OH excluding ortho intramolecular Hbond substituents is 1. The number of benzene rings is 2. The van der Waals surface area contributed by atoms with Crippen LogP contribution in [0.15, 0.2) is 47.6 Å². The Labute approximate surface area is 128 Å². The number of phenols is 1. The van der Waals surface area contributed by atoms with Crippen molar-refractivity contribution < 1.29 is 14.6 Å². The highest BCUT2D eigenvalue weighted by molar-refractivity contribution is 5.91. The maximum absolute atomic E-state index is 11.7. The predicted octanol–water partition coefficient (Wildman–Crippen LogP) is 2.86. The van der Waals surface area contributed by atoms with Crippen LogP contribution in [0.1, 0.15) is 11.1 Å². The first-order valence-electron chi connectivity index (χ1n) is 6.63. The van der Waals surface area contributed by atoms with Crippen LogP contribution in [0.25, 0.3) is 0 Å². The van der Waals surface area contributed by atoms with Gasteiger partial charge in [-0.2, -0.15) is 5.10 Å². The fraction of sp³-hybridized carbons (Fsp3) is 0.125. The molecule has 114 valence electrons. The average molecular weight is 299 g/mol. The van der Waals surface area contributed by atoms with Crippen molar-refractivity contribution in [3.8, 4) is 11.5 Å². The van der Waals surface area contributed by atoms with Gasteiger partial charge in [0, 0.05) is 5.69 Å². The van der Waals surface area contributed by atoms with Gasteiger partial charge in [0.15, 0.2) is 11.5 Å². The molecule has 0 aliphatic carbocycles. The van der Waals surface area contributed by atoms with E-state index >= 15 is 0 Å². The van der Waals surface area contributed by atoms with Gasteiger partial charge < -0.3 is 15.2 Å². The van der Waals surface area contributed by atoms with Crippen LogP contribution in [0.4, 0.5) is 10.5 Å². The number of carbonyl (C=O) groups is 1. The number of para-hydroxylation sites is 1. The van der Waals surface area contributed by atoms with E-state index in [2.05, 4.69) is 15.8 Å². The van der Waals surface area contributed by atoms with Crippen molar-refractivity contribution in [3.63, 3.8) is 0 Å². The molecule has 2 rings (SSSR count). The summed E-state index contributed by atoms with van der Waals surface area (Å²) in [7, 11) is 1.47. The Balaban J connectivity index is 1.93. The Morgan fingerprint density at radius 2 is 2.05 bits per heavy atom. The Kier molecular flexibility index (Phi) is 4.98. The number of nitrogens with one attached hydrogen (secondary N) is 2. The molecular weight excluding hydrogens is 282 g/mol. The Hall–Kier alpha value is -3.02. The van der Waals surface area contributed by atoms with Crippen LogP contribution in [-0.2, 0) is 0 Å². The maximum Gasteiger partial charge on any atom is 0.339 e. The third-order valence-corrected chi connectivity index (χ3v) is 2.98. The van der Waals surface area contributed by atoms with Crippen molar-refractivity contribution in [2.75, 3.05) is 12.4 Å². The standard InChI is InChI=1S/C16H17N3O3/c1-11-5-3-4-6-13(11)18-16(21)19-17-10-12-7-8-15(22-2)14(20)9-12/h3-10,20H,1-2H3,(H2,18,19,21)/b17-10-. The van der Waals surface area contributed by atoms with Crippen molar-refractivity contribution in [1.82, 2.24) is 5.43 Å². The minimum absolute atomic E-state index is 0.0100. The molecule has 6 heteroatoms. The molecule has 0 aliphatic rings. The number of aryl methyl sites for hydroxylation is 1. The fourth-order valence-corrected chi connectivity index (χ4v) is 1.82. The molecule has 0 saturated carbocycles. The summed E-state index contributed by atoms with van der Waals surface area (Å²) in [5.74, 6) is 0.387. The van der Waals surface area contributed by atoms with E-state index in [0.717, 1.165) is 11.3 Å². The van der Waals surface area contributed by atoms with Gasteiger partial charge in [-0.3, -0.25) is 0 Å². The van der Waals surface area contributed by atoms with Crippen LogP contribution in [0.2, 0.25) is 0 Å². The molecular formula is C16H17N3O3. The monoisotopic (exact) mass is 299 g/mol. The molecule has 0 spiro atoms. The lowest BCUT2D eigenvalue weighted by Crippen LogP contribution is -2.24. The molecule has 22 heavy (non-hydrogen) atoms. The molecule has 2 amide bonds. The second-order valence-electron chi connectivity index (χ2n) is 4.57. The van der Waals surface area contributed by atoms with Crippen LogP contribution >= 0.6 is 0 Å². The van der Waals surface area contributed by atoms with Gasteiger partial charge in [0.2, 0.25) is 0 Å². The number of ether oxygens (including phenoxy) is 1. The van der Waals surface area contributed by atoms with Gasteiger partial charge in [0.05, 0.1) is 13.3 Å². The summed E-state index contributed by atoms with van der Waals surface area (Å²) >= 11 is 0. The first kappa shape index (κ1) is 15.4. The molecule has 2 aromatic carbocycles. The Bertz CT molecular complexity index is 699. The van der Waals surface area contributed by atoms with Crippen molar-refractivity contribution in [2.24, 2.45) is 5.10 Å². The number of amides is 2. The molecule has 3 N–H and O–H groups in total. The van der Waals surface area contributed by atoms with Gasteiger partial charge in [-0.1, -0.05) is 18.2 Å². The number of nitrogens with zero attached hydrogens (tertiary/aromatic N) is 1. The highest BCUT2D eigenvalue weighted by Crippen LogP contribution is 2.25. The van der Waals surface area contributed by atoms with E-state index in [9.17, 15) is 9.90 Å². The molecule has 0 fully saturated rings. The smallest absolute Gasteiger partial charge is 0.339 e. The van der Waals surface area contributed by atoms with E-state index in [1.54, 1.807) is 18.2 Å². The number of carbonyl (C=O) groups excluding carboxylic acids is 1. The molecule has 0 unspecified atom stereocenters. The van der Waals surface area contributed by atoms with Gasteiger partial charge in [0.25, 0.3) is 0 Å². The van der Waals surface area contributed by atoms with E-state index in [4.69, 9.17) is 4.74 Å². The molecule has 0 bridgehead atoms. The van der Waals surface area contributed by atoms with Gasteiger partial charge in [0.1, 0.15) is 0 Å². The average Bonchev–Trinajstić information content (AvgIpc) is 2.50. The van der Waals surface area contributed by atoms with E-state index in [-0.39, 0.29) is 5.75 Å². The topological polar surface area (TPSA) is 83.0 Å². The zero-order valence-corrected chi connectivity index (χ0v) is 12.3. The number of urea groups is 1. The lowest BCUT2D eigenvalue weighted by atomic mass is 10.2. The quantitative estimate of drug-likeness (QED) is 0.599. The van der Waals surface area contributed by atoms with Crippen molar-refractivity contribution in [3.05, 3.63) is 53.6 Å². The minimum Gasteiger partial charge on any atom is -0.504 e. The van der Waals surface area contributed by atoms with Gasteiger partial charge >= 0.3 is 6.03 Å². The third-order valence-electron chi connectivity index (χ3n) is 2.98. The highest BCUT2D eigenvalue weighted by atomic mass is 16.5. The van der Waals surface area contributed by atoms with Gasteiger partial charge in [-0.15, -0.1) is 0 Å². The first-order valence-corrected chi connectivity index (χ1v) is 6.63. The Morgan fingerprint density at radius 1 is 1.27 bits per heavy atom. The van der Waals surface area contributed by atoms with E-state index in [1.165, 1.54) is 19.4 Å². The second-order valence-corrected chi connectivity index (χ2v) is 4.57. The number of aromatic hydroxyl groups is 1. The summed E-state index contributed by atoms with van der Waals surface area (Å²) in [5.41, 5.74) is 4.67. The number of hydrogen-bond donors (Lipinski definition) is 3. The second kappa shape index (κ2) is 7.12. The summed E-state index contributed by atoms with van der Waals surface area (Å²) < 4.78 is 4.95. The number of anilines is 1. The molecule has 0 aromatic heterocycles. The van der Waals surface area contributed by atoms with Gasteiger partial charge in [-0.05, 0) is 42.3 Å². The summed E-state index contributed by atoms with van der Waals surface area (Å²) in [5, 5.41) is 16.2. The van der Waals surface area contributed by atoms with Crippen LogP contribution < -0.4 is 15.5 Å². The molecule has 6 nitrogen and oxygen atoms in total. The van der Waals surface area contributed by atoms with Crippen molar-refractivity contribution >= 4 is 17.9 Å².